The molecule has 1 nitrogen and oxygen atoms in total. The van der Waals surface area contributed by atoms with Crippen LogP contribution in [0.15, 0.2) is 12.1 Å². The van der Waals surface area contributed by atoms with Crippen LogP contribution in [-0.4, -0.2) is 4.98 Å². The third-order valence-electron chi connectivity index (χ3n) is 3.86. The lowest BCUT2D eigenvalue weighted by atomic mass is 9.80. The second-order valence-electron chi connectivity index (χ2n) is 5.74. The van der Waals surface area contributed by atoms with Crippen molar-refractivity contribution in [3.8, 4) is 0 Å². The highest BCUT2D eigenvalue weighted by Crippen LogP contribution is 2.30. The fourth-order valence-electron chi connectivity index (χ4n) is 2.55. The Morgan fingerprint density at radius 1 is 1.19 bits per heavy atom. The van der Waals surface area contributed by atoms with Gasteiger partial charge in [0.2, 0.25) is 0 Å². The highest BCUT2D eigenvalue weighted by molar-refractivity contribution is 5.27. The number of aromatic nitrogens is 1. The smallest absolute Gasteiger partial charge is 0.0439 e. The van der Waals surface area contributed by atoms with Gasteiger partial charge < -0.3 is 0 Å². The summed E-state index contributed by atoms with van der Waals surface area (Å²) in [6.45, 7) is 9.11. The predicted molar refractivity (Wildman–Crippen MR) is 68.7 cm³/mol. The average Bonchev–Trinajstić information content (AvgIpc) is 2.27. The minimum Gasteiger partial charge on any atom is -0.257 e. The Kier molecular flexibility index (Phi) is 3.32. The molecule has 1 aromatic heterocycles. The van der Waals surface area contributed by atoms with Crippen molar-refractivity contribution in [3.05, 3.63) is 29.1 Å². The lowest BCUT2D eigenvalue weighted by Crippen LogP contribution is -2.20. The molecule has 1 heteroatoms. The summed E-state index contributed by atoms with van der Waals surface area (Å²) in [6.07, 6.45) is 3.73. The first-order chi connectivity index (χ1) is 7.58. The van der Waals surface area contributed by atoms with Crippen molar-refractivity contribution >= 4 is 0 Å². The average molecular weight is 217 g/mol. The van der Waals surface area contributed by atoms with E-state index in [1.54, 1.807) is 0 Å². The third kappa shape index (κ3) is 2.28. The molecule has 1 atom stereocenters. The number of pyridine rings is 1. The van der Waals surface area contributed by atoms with E-state index in [1.165, 1.54) is 36.2 Å². The molecule has 0 aromatic carbocycles. The van der Waals surface area contributed by atoms with E-state index >= 15 is 0 Å². The van der Waals surface area contributed by atoms with Crippen LogP contribution in [0.25, 0.3) is 0 Å². The zero-order chi connectivity index (χ0) is 11.7. The van der Waals surface area contributed by atoms with Crippen molar-refractivity contribution in [1.29, 1.82) is 0 Å². The molecule has 0 saturated heterocycles. The van der Waals surface area contributed by atoms with Crippen molar-refractivity contribution in [2.45, 2.75) is 52.9 Å². The zero-order valence-corrected chi connectivity index (χ0v) is 11.0. The van der Waals surface area contributed by atoms with Crippen LogP contribution in [0, 0.1) is 11.8 Å². The maximum Gasteiger partial charge on any atom is 0.0439 e. The maximum absolute atomic E-state index is 4.81. The van der Waals surface area contributed by atoms with Gasteiger partial charge in [0.25, 0.3) is 0 Å². The molecule has 0 bridgehead atoms. The van der Waals surface area contributed by atoms with E-state index in [1.807, 2.05) is 0 Å². The number of nitrogens with zero attached hydrogens (tertiary/aromatic N) is 1. The molecule has 0 saturated carbocycles. The van der Waals surface area contributed by atoms with E-state index in [-0.39, 0.29) is 0 Å². The minimum atomic E-state index is 0.549. The van der Waals surface area contributed by atoms with Gasteiger partial charge in [-0.05, 0) is 48.6 Å². The molecule has 1 aromatic rings. The molecule has 16 heavy (non-hydrogen) atoms. The van der Waals surface area contributed by atoms with Gasteiger partial charge in [-0.1, -0.05) is 33.8 Å². The Labute approximate surface area is 99.3 Å². The molecule has 1 unspecified atom stereocenters. The summed E-state index contributed by atoms with van der Waals surface area (Å²) in [4.78, 5) is 4.81. The van der Waals surface area contributed by atoms with E-state index in [0.29, 0.717) is 5.92 Å². The predicted octanol–water partition coefficient (Wildman–Crippen LogP) is 3.97. The minimum absolute atomic E-state index is 0.549. The van der Waals surface area contributed by atoms with Gasteiger partial charge >= 0.3 is 0 Å². The van der Waals surface area contributed by atoms with Gasteiger partial charge in [-0.2, -0.15) is 0 Å². The van der Waals surface area contributed by atoms with Crippen LogP contribution in [0.5, 0.6) is 0 Å². The van der Waals surface area contributed by atoms with E-state index in [0.717, 1.165) is 11.8 Å². The third-order valence-corrected chi connectivity index (χ3v) is 3.86. The highest BCUT2D eigenvalue weighted by Gasteiger charge is 2.22. The van der Waals surface area contributed by atoms with Gasteiger partial charge in [0.1, 0.15) is 0 Å². The second kappa shape index (κ2) is 4.57. The van der Waals surface area contributed by atoms with Crippen molar-refractivity contribution < 1.29 is 0 Å². The molecule has 1 aliphatic carbocycles. The molecular weight excluding hydrogens is 194 g/mol. The van der Waals surface area contributed by atoms with Gasteiger partial charge in [-0.15, -0.1) is 0 Å². The summed E-state index contributed by atoms with van der Waals surface area (Å²) >= 11 is 0. The van der Waals surface area contributed by atoms with Crippen LogP contribution in [0.3, 0.4) is 0 Å². The monoisotopic (exact) mass is 217 g/mol. The zero-order valence-electron chi connectivity index (χ0n) is 11.0. The first kappa shape index (κ1) is 11.6. The topological polar surface area (TPSA) is 12.9 Å². The van der Waals surface area contributed by atoms with Gasteiger partial charge in [-0.3, -0.25) is 4.98 Å². The molecule has 0 fully saturated rings. The quantitative estimate of drug-likeness (QED) is 0.730. The number of hydrogen-bond donors (Lipinski definition) is 0. The Balaban J connectivity index is 2.22. The lowest BCUT2D eigenvalue weighted by Gasteiger charge is -2.27. The molecule has 1 aliphatic rings. The first-order valence-electron chi connectivity index (χ1n) is 6.56. The van der Waals surface area contributed by atoms with Crippen LogP contribution in [-0.2, 0) is 12.8 Å². The van der Waals surface area contributed by atoms with E-state index in [4.69, 9.17) is 4.98 Å². The molecule has 0 amide bonds. The van der Waals surface area contributed by atoms with Crippen LogP contribution in [0.1, 0.15) is 57.0 Å². The molecule has 0 spiro atoms. The van der Waals surface area contributed by atoms with Gasteiger partial charge in [-0.25, -0.2) is 0 Å². The molecule has 1 heterocycles. The lowest BCUT2D eigenvalue weighted by molar-refractivity contribution is 0.340. The molecule has 2 rings (SSSR count). The molecule has 0 aliphatic heterocycles. The van der Waals surface area contributed by atoms with Crippen molar-refractivity contribution in [3.63, 3.8) is 0 Å². The van der Waals surface area contributed by atoms with Crippen LogP contribution < -0.4 is 0 Å². The maximum atomic E-state index is 4.81. The van der Waals surface area contributed by atoms with Crippen molar-refractivity contribution in [2.24, 2.45) is 11.8 Å². The Morgan fingerprint density at radius 3 is 2.56 bits per heavy atom. The summed E-state index contributed by atoms with van der Waals surface area (Å²) in [5.41, 5.74) is 4.11. The first-order valence-corrected chi connectivity index (χ1v) is 6.56. The normalized spacial score (nSPS) is 20.2. The van der Waals surface area contributed by atoms with Crippen LogP contribution in [0.2, 0.25) is 0 Å². The van der Waals surface area contributed by atoms with Gasteiger partial charge in [0.05, 0.1) is 0 Å². The number of rotatable bonds is 2. The van der Waals surface area contributed by atoms with E-state index in [2.05, 4.69) is 39.8 Å². The second-order valence-corrected chi connectivity index (χ2v) is 5.74. The fourth-order valence-corrected chi connectivity index (χ4v) is 2.55. The Morgan fingerprint density at radius 2 is 1.94 bits per heavy atom. The van der Waals surface area contributed by atoms with Gasteiger partial charge in [0.15, 0.2) is 0 Å². The molecular formula is C15H23N. The summed E-state index contributed by atoms with van der Waals surface area (Å²) in [6, 6.07) is 4.53. The number of aryl methyl sites for hydroxylation is 1. The SMILES string of the molecule is CC(C)c1ccc2c(n1)CCC(C(C)C)C2. The summed E-state index contributed by atoms with van der Waals surface area (Å²) in [7, 11) is 0. The number of hydrogen-bond acceptors (Lipinski definition) is 1. The van der Waals surface area contributed by atoms with Crippen LogP contribution >= 0.6 is 0 Å². The summed E-state index contributed by atoms with van der Waals surface area (Å²) in [5, 5.41) is 0. The summed E-state index contributed by atoms with van der Waals surface area (Å²) in [5.74, 6) is 2.21. The number of fused-ring (bicyclic) bond motifs is 1. The highest BCUT2D eigenvalue weighted by atomic mass is 14.7. The standard InChI is InChI=1S/C15H23N/c1-10(2)12-5-8-15-13(9-12)6-7-14(16-15)11(3)4/h6-7,10-12H,5,8-9H2,1-4H3. The van der Waals surface area contributed by atoms with Crippen molar-refractivity contribution in [1.82, 2.24) is 4.98 Å². The van der Waals surface area contributed by atoms with Gasteiger partial charge in [0, 0.05) is 11.4 Å². The molecule has 88 valence electrons. The van der Waals surface area contributed by atoms with E-state index in [9.17, 15) is 0 Å². The summed E-state index contributed by atoms with van der Waals surface area (Å²) < 4.78 is 0. The molecule has 0 radical (unpaired) electrons. The molecule has 0 N–H and O–H groups in total. The van der Waals surface area contributed by atoms with E-state index < -0.39 is 0 Å². The Hall–Kier alpha value is -0.850. The largest absolute Gasteiger partial charge is 0.257 e. The van der Waals surface area contributed by atoms with Crippen LogP contribution in [0.4, 0.5) is 0 Å². The fraction of sp³-hybridized carbons (Fsp3) is 0.667. The Bertz CT molecular complexity index is 366. The van der Waals surface area contributed by atoms with Crippen molar-refractivity contribution in [2.75, 3.05) is 0 Å².